The molecule has 33 heavy (non-hydrogen) atoms. The van der Waals surface area contributed by atoms with E-state index in [9.17, 15) is 17.6 Å². The SMILES string of the molecule is CCCCCc1cc(F)c(C2CCc3cc(C#Cc4cccc(F)c4F)ccc3C2)c(F)c1. The highest BCUT2D eigenvalue weighted by Crippen LogP contribution is 2.36. The summed E-state index contributed by atoms with van der Waals surface area (Å²) in [7, 11) is 0. The Hall–Kier alpha value is -3.06. The van der Waals surface area contributed by atoms with Crippen molar-refractivity contribution in [2.45, 2.75) is 57.8 Å². The first-order valence-corrected chi connectivity index (χ1v) is 11.5. The zero-order valence-corrected chi connectivity index (χ0v) is 18.7. The van der Waals surface area contributed by atoms with Gasteiger partial charge in [-0.1, -0.05) is 43.7 Å². The van der Waals surface area contributed by atoms with Crippen molar-refractivity contribution in [2.75, 3.05) is 0 Å². The van der Waals surface area contributed by atoms with E-state index in [4.69, 9.17) is 0 Å². The number of hydrogen-bond acceptors (Lipinski definition) is 0. The summed E-state index contributed by atoms with van der Waals surface area (Å²) in [5.74, 6) is 2.59. The second-order valence-corrected chi connectivity index (χ2v) is 8.70. The summed E-state index contributed by atoms with van der Waals surface area (Å²) in [6.45, 7) is 2.10. The lowest BCUT2D eigenvalue weighted by Gasteiger charge is -2.26. The van der Waals surface area contributed by atoms with Gasteiger partial charge in [0.15, 0.2) is 11.6 Å². The molecule has 0 N–H and O–H groups in total. The van der Waals surface area contributed by atoms with Crippen LogP contribution in [0, 0.1) is 35.1 Å². The lowest BCUT2D eigenvalue weighted by molar-refractivity contribution is 0.489. The molecule has 1 atom stereocenters. The van der Waals surface area contributed by atoms with Gasteiger partial charge in [-0.25, -0.2) is 17.6 Å². The van der Waals surface area contributed by atoms with Gasteiger partial charge in [0.1, 0.15) is 11.6 Å². The molecule has 0 saturated heterocycles. The summed E-state index contributed by atoms with van der Waals surface area (Å²) in [4.78, 5) is 0. The first-order valence-electron chi connectivity index (χ1n) is 11.5. The van der Waals surface area contributed by atoms with Gasteiger partial charge >= 0.3 is 0 Å². The Balaban J connectivity index is 1.51. The lowest BCUT2D eigenvalue weighted by Crippen LogP contribution is -2.16. The quantitative estimate of drug-likeness (QED) is 0.213. The summed E-state index contributed by atoms with van der Waals surface area (Å²) in [6.07, 6.45) is 5.63. The van der Waals surface area contributed by atoms with Crippen molar-refractivity contribution in [3.05, 3.63) is 105 Å². The molecule has 0 fully saturated rings. The number of unbranched alkanes of at least 4 members (excludes halogenated alkanes) is 2. The van der Waals surface area contributed by atoms with Crippen LogP contribution in [0.4, 0.5) is 17.6 Å². The normalized spacial score (nSPS) is 15.0. The Morgan fingerprint density at radius 2 is 1.64 bits per heavy atom. The zero-order valence-electron chi connectivity index (χ0n) is 18.7. The van der Waals surface area contributed by atoms with Gasteiger partial charge in [-0.05, 0) is 91.1 Å². The molecule has 0 aliphatic heterocycles. The van der Waals surface area contributed by atoms with E-state index in [1.807, 2.05) is 18.2 Å². The minimum absolute atomic E-state index is 0.0110. The van der Waals surface area contributed by atoms with Crippen molar-refractivity contribution < 1.29 is 17.6 Å². The van der Waals surface area contributed by atoms with Crippen molar-refractivity contribution >= 4 is 0 Å². The fourth-order valence-corrected chi connectivity index (χ4v) is 4.57. The topological polar surface area (TPSA) is 0 Å². The molecular formula is C29H26F4. The van der Waals surface area contributed by atoms with Gasteiger partial charge in [-0.3, -0.25) is 0 Å². The second-order valence-electron chi connectivity index (χ2n) is 8.70. The maximum Gasteiger partial charge on any atom is 0.174 e. The second kappa shape index (κ2) is 10.3. The zero-order chi connectivity index (χ0) is 23.4. The number of hydrogen-bond donors (Lipinski definition) is 0. The molecule has 4 rings (SSSR count). The molecule has 0 heterocycles. The first-order chi connectivity index (χ1) is 16.0. The Bertz CT molecular complexity index is 1190. The largest absolute Gasteiger partial charge is 0.207 e. The van der Waals surface area contributed by atoms with Gasteiger partial charge < -0.3 is 0 Å². The van der Waals surface area contributed by atoms with Crippen molar-refractivity contribution in [1.82, 2.24) is 0 Å². The molecule has 4 heteroatoms. The standard InChI is InChI=1S/C29H26F4/c1-2-3-4-6-20-16-26(31)28(27(32)17-20)24-14-13-22-15-19(10-12-23(22)18-24)9-11-21-7-5-8-25(30)29(21)33/h5,7-8,10,12,15-17,24H,2-4,6,13-14,18H2,1H3. The van der Waals surface area contributed by atoms with Gasteiger partial charge in [0.25, 0.3) is 0 Å². The van der Waals surface area contributed by atoms with Crippen LogP contribution in [0.25, 0.3) is 0 Å². The summed E-state index contributed by atoms with van der Waals surface area (Å²) in [6, 6.07) is 12.6. The number of fused-ring (bicyclic) bond motifs is 1. The van der Waals surface area contributed by atoms with Crippen LogP contribution in [-0.2, 0) is 19.3 Å². The van der Waals surface area contributed by atoms with Crippen molar-refractivity contribution in [3.8, 4) is 11.8 Å². The number of rotatable bonds is 5. The Morgan fingerprint density at radius 3 is 2.39 bits per heavy atom. The number of benzene rings is 3. The third kappa shape index (κ3) is 5.30. The lowest BCUT2D eigenvalue weighted by atomic mass is 9.79. The minimum Gasteiger partial charge on any atom is -0.207 e. The predicted octanol–water partition coefficient (Wildman–Crippen LogP) is 7.65. The van der Waals surface area contributed by atoms with Gasteiger partial charge in [0, 0.05) is 11.1 Å². The van der Waals surface area contributed by atoms with E-state index in [1.54, 1.807) is 0 Å². The fraction of sp³-hybridized carbons (Fsp3) is 0.310. The summed E-state index contributed by atoms with van der Waals surface area (Å²) >= 11 is 0. The molecule has 0 bridgehead atoms. The molecule has 3 aromatic carbocycles. The number of halogens is 4. The van der Waals surface area contributed by atoms with Gasteiger partial charge in [-0.2, -0.15) is 0 Å². The maximum atomic E-state index is 14.9. The monoisotopic (exact) mass is 450 g/mol. The third-order valence-electron chi connectivity index (χ3n) is 6.34. The molecule has 0 saturated carbocycles. The highest BCUT2D eigenvalue weighted by Gasteiger charge is 2.26. The van der Waals surface area contributed by atoms with E-state index in [2.05, 4.69) is 18.8 Å². The van der Waals surface area contributed by atoms with E-state index < -0.39 is 23.3 Å². The molecule has 3 aromatic rings. The summed E-state index contributed by atoms with van der Waals surface area (Å²) < 4.78 is 56.9. The van der Waals surface area contributed by atoms with Crippen LogP contribution in [0.3, 0.4) is 0 Å². The van der Waals surface area contributed by atoms with Crippen LogP contribution in [0.5, 0.6) is 0 Å². The highest BCUT2D eigenvalue weighted by molar-refractivity contribution is 5.47. The van der Waals surface area contributed by atoms with E-state index in [1.165, 1.54) is 24.3 Å². The third-order valence-corrected chi connectivity index (χ3v) is 6.34. The summed E-state index contributed by atoms with van der Waals surface area (Å²) in [5, 5.41) is 0. The summed E-state index contributed by atoms with van der Waals surface area (Å²) in [5.41, 5.74) is 3.73. The van der Waals surface area contributed by atoms with Crippen molar-refractivity contribution in [1.29, 1.82) is 0 Å². The molecule has 1 unspecified atom stereocenters. The molecule has 0 amide bonds. The van der Waals surface area contributed by atoms with Gasteiger partial charge in [-0.15, -0.1) is 0 Å². The smallest absolute Gasteiger partial charge is 0.174 e. The Kier molecular flexibility index (Phi) is 7.18. The predicted molar refractivity (Wildman–Crippen MR) is 123 cm³/mol. The van der Waals surface area contributed by atoms with Crippen LogP contribution in [0.15, 0.2) is 48.5 Å². The van der Waals surface area contributed by atoms with Crippen LogP contribution >= 0.6 is 0 Å². The van der Waals surface area contributed by atoms with Crippen LogP contribution in [0.1, 0.15) is 71.9 Å². The molecular weight excluding hydrogens is 424 g/mol. The molecule has 0 aromatic heterocycles. The molecule has 0 nitrogen and oxygen atoms in total. The molecule has 170 valence electrons. The van der Waals surface area contributed by atoms with Gasteiger partial charge in [0.05, 0.1) is 5.56 Å². The van der Waals surface area contributed by atoms with Crippen LogP contribution < -0.4 is 0 Å². The Morgan fingerprint density at radius 1 is 0.848 bits per heavy atom. The van der Waals surface area contributed by atoms with E-state index in [-0.39, 0.29) is 17.0 Å². The highest BCUT2D eigenvalue weighted by atomic mass is 19.2. The maximum absolute atomic E-state index is 14.9. The van der Waals surface area contributed by atoms with E-state index in [0.717, 1.165) is 42.0 Å². The number of aryl methyl sites for hydroxylation is 2. The van der Waals surface area contributed by atoms with Crippen LogP contribution in [0.2, 0.25) is 0 Å². The Labute approximate surface area is 192 Å². The van der Waals surface area contributed by atoms with Crippen LogP contribution in [-0.4, -0.2) is 0 Å². The van der Waals surface area contributed by atoms with E-state index in [0.29, 0.717) is 31.2 Å². The first kappa shape index (κ1) is 23.1. The minimum atomic E-state index is -0.953. The molecule has 0 spiro atoms. The molecule has 1 aliphatic rings. The molecule has 0 radical (unpaired) electrons. The average Bonchev–Trinajstić information content (AvgIpc) is 2.80. The molecule has 1 aliphatic carbocycles. The van der Waals surface area contributed by atoms with Crippen molar-refractivity contribution in [3.63, 3.8) is 0 Å². The van der Waals surface area contributed by atoms with Crippen molar-refractivity contribution in [2.24, 2.45) is 0 Å². The van der Waals surface area contributed by atoms with Gasteiger partial charge in [0.2, 0.25) is 0 Å². The fourth-order valence-electron chi connectivity index (χ4n) is 4.57. The average molecular weight is 451 g/mol. The van der Waals surface area contributed by atoms with E-state index >= 15 is 0 Å².